The van der Waals surface area contributed by atoms with Gasteiger partial charge in [-0.25, -0.2) is 9.97 Å². The van der Waals surface area contributed by atoms with Crippen molar-refractivity contribution in [3.63, 3.8) is 0 Å². The van der Waals surface area contributed by atoms with Crippen molar-refractivity contribution in [1.29, 1.82) is 0 Å². The third-order valence-electron chi connectivity index (χ3n) is 3.18. The minimum Gasteiger partial charge on any atom is -0.373 e. The predicted molar refractivity (Wildman–Crippen MR) is 87.2 cm³/mol. The van der Waals surface area contributed by atoms with Crippen LogP contribution < -0.4 is 10.2 Å². The molecule has 0 aliphatic carbocycles. The molecule has 1 N–H and O–H groups in total. The Labute approximate surface area is 128 Å². The molecule has 2 rings (SSSR count). The van der Waals surface area contributed by atoms with E-state index in [-0.39, 0.29) is 0 Å². The SMILES string of the molecule is CCc1c(NC)ncnc1N(C)Cc1cccc(Br)c1. The standard InChI is InChI=1S/C15H19BrN4/c1-4-13-14(17-2)18-10-19-15(13)20(3)9-11-6-5-7-12(16)8-11/h5-8,10H,4,9H2,1-3H3,(H,17,18,19). The lowest BCUT2D eigenvalue weighted by atomic mass is 10.1. The Bertz CT molecular complexity index is 586. The van der Waals surface area contributed by atoms with Crippen LogP contribution in [0, 0.1) is 0 Å². The van der Waals surface area contributed by atoms with Crippen LogP contribution in [0.3, 0.4) is 0 Å². The number of hydrogen-bond acceptors (Lipinski definition) is 4. The summed E-state index contributed by atoms with van der Waals surface area (Å²) in [6, 6.07) is 8.33. The van der Waals surface area contributed by atoms with Gasteiger partial charge in [0.05, 0.1) is 0 Å². The summed E-state index contributed by atoms with van der Waals surface area (Å²) < 4.78 is 1.10. The fourth-order valence-corrected chi connectivity index (χ4v) is 2.70. The van der Waals surface area contributed by atoms with Crippen molar-refractivity contribution in [2.24, 2.45) is 0 Å². The molecule has 20 heavy (non-hydrogen) atoms. The highest BCUT2D eigenvalue weighted by molar-refractivity contribution is 9.10. The molecule has 0 bridgehead atoms. The van der Waals surface area contributed by atoms with Gasteiger partial charge >= 0.3 is 0 Å². The Kier molecular flexibility index (Phi) is 4.95. The Morgan fingerprint density at radius 1 is 1.30 bits per heavy atom. The van der Waals surface area contributed by atoms with Gasteiger partial charge in [0.2, 0.25) is 0 Å². The van der Waals surface area contributed by atoms with Crippen LogP contribution in [0.25, 0.3) is 0 Å². The lowest BCUT2D eigenvalue weighted by Crippen LogP contribution is -2.20. The van der Waals surface area contributed by atoms with Crippen LogP contribution in [0.2, 0.25) is 0 Å². The molecule has 1 aromatic carbocycles. The average Bonchev–Trinajstić information content (AvgIpc) is 2.46. The molecule has 0 saturated heterocycles. The Balaban J connectivity index is 2.27. The van der Waals surface area contributed by atoms with E-state index in [0.717, 1.165) is 34.6 Å². The summed E-state index contributed by atoms with van der Waals surface area (Å²) in [5.41, 5.74) is 2.39. The third kappa shape index (κ3) is 3.28. The Morgan fingerprint density at radius 2 is 2.10 bits per heavy atom. The van der Waals surface area contributed by atoms with E-state index >= 15 is 0 Å². The zero-order valence-electron chi connectivity index (χ0n) is 12.0. The van der Waals surface area contributed by atoms with Gasteiger partial charge in [-0.05, 0) is 24.1 Å². The molecule has 106 valence electrons. The number of halogens is 1. The first-order valence-corrected chi connectivity index (χ1v) is 7.42. The van der Waals surface area contributed by atoms with Crippen LogP contribution >= 0.6 is 15.9 Å². The molecular weight excluding hydrogens is 316 g/mol. The minimum absolute atomic E-state index is 0.812. The van der Waals surface area contributed by atoms with Gasteiger partial charge in [0.25, 0.3) is 0 Å². The maximum atomic E-state index is 4.44. The van der Waals surface area contributed by atoms with Crippen LogP contribution in [0.4, 0.5) is 11.6 Å². The summed E-state index contributed by atoms with van der Waals surface area (Å²) in [6.45, 7) is 2.93. The van der Waals surface area contributed by atoms with Crippen molar-refractivity contribution >= 4 is 27.6 Å². The summed E-state index contributed by atoms with van der Waals surface area (Å²) in [5.74, 6) is 1.88. The van der Waals surface area contributed by atoms with Gasteiger partial charge in [-0.2, -0.15) is 0 Å². The monoisotopic (exact) mass is 334 g/mol. The van der Waals surface area contributed by atoms with Crippen LogP contribution in [0.1, 0.15) is 18.1 Å². The van der Waals surface area contributed by atoms with E-state index in [1.54, 1.807) is 6.33 Å². The molecular formula is C15H19BrN4. The predicted octanol–water partition coefficient (Wildman–Crippen LogP) is 3.48. The topological polar surface area (TPSA) is 41.1 Å². The molecule has 1 aromatic heterocycles. The molecule has 0 fully saturated rings. The van der Waals surface area contributed by atoms with Crippen LogP contribution in [-0.2, 0) is 13.0 Å². The number of nitrogens with zero attached hydrogens (tertiary/aromatic N) is 3. The fraction of sp³-hybridized carbons (Fsp3) is 0.333. The summed E-state index contributed by atoms with van der Waals surface area (Å²) in [5, 5.41) is 3.13. The molecule has 4 nitrogen and oxygen atoms in total. The largest absolute Gasteiger partial charge is 0.373 e. The first kappa shape index (κ1) is 14.8. The molecule has 0 amide bonds. The lowest BCUT2D eigenvalue weighted by Gasteiger charge is -2.22. The van der Waals surface area contributed by atoms with Gasteiger partial charge in [-0.3, -0.25) is 0 Å². The Hall–Kier alpha value is -1.62. The van der Waals surface area contributed by atoms with Crippen molar-refractivity contribution < 1.29 is 0 Å². The molecule has 1 heterocycles. The maximum Gasteiger partial charge on any atom is 0.137 e. The normalized spacial score (nSPS) is 10.4. The molecule has 0 aliphatic heterocycles. The number of rotatable bonds is 5. The molecule has 0 saturated carbocycles. The van der Waals surface area contributed by atoms with E-state index in [1.165, 1.54) is 5.56 Å². The second-order valence-electron chi connectivity index (χ2n) is 4.61. The first-order valence-electron chi connectivity index (χ1n) is 6.63. The van der Waals surface area contributed by atoms with Crippen molar-refractivity contribution in [3.05, 3.63) is 46.2 Å². The highest BCUT2D eigenvalue weighted by atomic mass is 79.9. The molecule has 2 aromatic rings. The van der Waals surface area contributed by atoms with Crippen molar-refractivity contribution in [2.45, 2.75) is 19.9 Å². The minimum atomic E-state index is 0.812. The molecule has 0 spiro atoms. The van der Waals surface area contributed by atoms with Crippen molar-refractivity contribution in [2.75, 3.05) is 24.3 Å². The van der Waals surface area contributed by atoms with Crippen molar-refractivity contribution in [3.8, 4) is 0 Å². The maximum absolute atomic E-state index is 4.44. The number of aromatic nitrogens is 2. The average molecular weight is 335 g/mol. The van der Waals surface area contributed by atoms with Crippen LogP contribution in [0.15, 0.2) is 35.1 Å². The molecule has 0 aliphatic rings. The summed E-state index contributed by atoms with van der Waals surface area (Å²) in [6.07, 6.45) is 2.51. The number of anilines is 2. The van der Waals surface area contributed by atoms with Crippen LogP contribution in [-0.4, -0.2) is 24.1 Å². The van der Waals surface area contributed by atoms with Gasteiger partial charge in [0.1, 0.15) is 18.0 Å². The van der Waals surface area contributed by atoms with E-state index in [1.807, 2.05) is 19.2 Å². The van der Waals surface area contributed by atoms with Crippen molar-refractivity contribution in [1.82, 2.24) is 9.97 Å². The smallest absolute Gasteiger partial charge is 0.137 e. The summed E-state index contributed by atoms with van der Waals surface area (Å²) in [7, 11) is 3.95. The van der Waals surface area contributed by atoms with Gasteiger partial charge in [0.15, 0.2) is 0 Å². The quantitative estimate of drug-likeness (QED) is 0.908. The highest BCUT2D eigenvalue weighted by Gasteiger charge is 2.13. The second kappa shape index (κ2) is 6.70. The molecule has 0 radical (unpaired) electrons. The molecule has 0 atom stereocenters. The number of benzene rings is 1. The van der Waals surface area contributed by atoms with Crippen LogP contribution in [0.5, 0.6) is 0 Å². The zero-order valence-corrected chi connectivity index (χ0v) is 13.6. The van der Waals surface area contributed by atoms with E-state index in [2.05, 4.69) is 62.2 Å². The first-order chi connectivity index (χ1) is 9.65. The van der Waals surface area contributed by atoms with Gasteiger partial charge < -0.3 is 10.2 Å². The van der Waals surface area contributed by atoms with E-state index in [4.69, 9.17) is 0 Å². The zero-order chi connectivity index (χ0) is 14.5. The summed E-state index contributed by atoms with van der Waals surface area (Å²) >= 11 is 3.51. The summed E-state index contributed by atoms with van der Waals surface area (Å²) in [4.78, 5) is 10.9. The Morgan fingerprint density at radius 3 is 2.75 bits per heavy atom. The number of nitrogens with one attached hydrogen (secondary N) is 1. The molecule has 0 unspecified atom stereocenters. The fourth-order valence-electron chi connectivity index (χ4n) is 2.26. The molecule has 5 heteroatoms. The highest BCUT2D eigenvalue weighted by Crippen LogP contribution is 2.24. The van der Waals surface area contributed by atoms with Gasteiger partial charge in [-0.1, -0.05) is 35.0 Å². The van der Waals surface area contributed by atoms with Gasteiger partial charge in [-0.15, -0.1) is 0 Å². The van der Waals surface area contributed by atoms with E-state index in [0.29, 0.717) is 0 Å². The van der Waals surface area contributed by atoms with Gasteiger partial charge in [0, 0.05) is 30.7 Å². The lowest BCUT2D eigenvalue weighted by molar-refractivity contribution is 0.871. The van der Waals surface area contributed by atoms with E-state index < -0.39 is 0 Å². The second-order valence-corrected chi connectivity index (χ2v) is 5.53. The third-order valence-corrected chi connectivity index (χ3v) is 3.68. The van der Waals surface area contributed by atoms with E-state index in [9.17, 15) is 0 Å². The number of hydrogen-bond donors (Lipinski definition) is 1.